The second kappa shape index (κ2) is 5.31. The molecule has 0 unspecified atom stereocenters. The lowest BCUT2D eigenvalue weighted by molar-refractivity contribution is -0.150. The van der Waals surface area contributed by atoms with Crippen molar-refractivity contribution in [2.24, 2.45) is 39.7 Å². The largest absolute Gasteiger partial charge is 0.411 e. The molecule has 0 aromatic carbocycles. The average molecular weight is 327 g/mol. The van der Waals surface area contributed by atoms with Gasteiger partial charge in [0.25, 0.3) is 0 Å². The smallest absolute Gasteiger partial charge is 0.137 e. The van der Waals surface area contributed by atoms with Gasteiger partial charge in [0.2, 0.25) is 0 Å². The molecule has 3 heteroatoms. The molecular weight excluding hydrogens is 298 g/mol. The first-order valence-electron chi connectivity index (χ1n) is 9.49. The summed E-state index contributed by atoms with van der Waals surface area (Å²) in [5.41, 5.74) is 1.81. The van der Waals surface area contributed by atoms with Gasteiger partial charge in [-0.1, -0.05) is 37.2 Å². The Morgan fingerprint density at radius 2 is 2.04 bits per heavy atom. The van der Waals surface area contributed by atoms with Crippen molar-refractivity contribution < 1.29 is 10.0 Å². The van der Waals surface area contributed by atoms with Crippen molar-refractivity contribution in [3.8, 4) is 0 Å². The van der Waals surface area contributed by atoms with Crippen LogP contribution in [-0.2, 0) is 4.79 Å². The Balaban J connectivity index is 1.72. The lowest BCUT2D eigenvalue weighted by Crippen LogP contribution is -2.56. The third kappa shape index (κ3) is 1.96. The topological polar surface area (TPSA) is 49.7 Å². The molecule has 3 nitrogen and oxygen atoms in total. The Kier molecular flexibility index (Phi) is 3.56. The molecule has 24 heavy (non-hydrogen) atoms. The summed E-state index contributed by atoms with van der Waals surface area (Å²) in [5, 5.41) is 12.7. The minimum atomic E-state index is -0.137. The van der Waals surface area contributed by atoms with Gasteiger partial charge in [0.05, 0.1) is 5.71 Å². The SMILES string of the molecule is CC(=NO)C1=CC[C@H]2[C@@H]3CC[C@H]4CC=CC[C@]4(C)[C@H]3C(=O)C[C@]12C. The van der Waals surface area contributed by atoms with Gasteiger partial charge in [-0.3, -0.25) is 4.79 Å². The maximum atomic E-state index is 13.3. The number of hydrogen-bond donors (Lipinski definition) is 1. The molecule has 0 heterocycles. The molecule has 0 aromatic rings. The summed E-state index contributed by atoms with van der Waals surface area (Å²) in [4.78, 5) is 13.3. The van der Waals surface area contributed by atoms with Crippen LogP contribution in [0, 0.1) is 34.5 Å². The second-order valence-corrected chi connectivity index (χ2v) is 9.04. The van der Waals surface area contributed by atoms with E-state index >= 15 is 0 Å². The number of nitrogens with zero attached hydrogens (tertiary/aromatic N) is 1. The zero-order chi connectivity index (χ0) is 17.1. The van der Waals surface area contributed by atoms with Gasteiger partial charge >= 0.3 is 0 Å². The molecule has 0 saturated heterocycles. The van der Waals surface area contributed by atoms with Crippen molar-refractivity contribution in [3.05, 3.63) is 23.8 Å². The van der Waals surface area contributed by atoms with E-state index in [0.717, 1.165) is 24.8 Å². The van der Waals surface area contributed by atoms with Gasteiger partial charge in [0.1, 0.15) is 5.78 Å². The highest BCUT2D eigenvalue weighted by Crippen LogP contribution is 2.64. The van der Waals surface area contributed by atoms with Crippen LogP contribution in [0.25, 0.3) is 0 Å². The fraction of sp³-hybridized carbons (Fsp3) is 0.714. The maximum absolute atomic E-state index is 13.3. The summed E-state index contributed by atoms with van der Waals surface area (Å²) < 4.78 is 0. The van der Waals surface area contributed by atoms with Crippen molar-refractivity contribution in [2.75, 3.05) is 0 Å². The highest BCUT2D eigenvalue weighted by molar-refractivity contribution is 6.01. The fourth-order valence-corrected chi connectivity index (χ4v) is 6.85. The van der Waals surface area contributed by atoms with Gasteiger partial charge in [0.15, 0.2) is 0 Å². The molecule has 4 aliphatic rings. The monoisotopic (exact) mass is 327 g/mol. The zero-order valence-corrected chi connectivity index (χ0v) is 15.1. The number of carbonyl (C=O) groups is 1. The molecule has 0 bridgehead atoms. The Bertz CT molecular complexity index is 661. The van der Waals surface area contributed by atoms with E-state index in [0.29, 0.717) is 35.7 Å². The minimum Gasteiger partial charge on any atom is -0.411 e. The molecule has 4 aliphatic carbocycles. The molecule has 0 amide bonds. The van der Waals surface area contributed by atoms with E-state index in [4.69, 9.17) is 0 Å². The minimum absolute atomic E-state index is 0.137. The van der Waals surface area contributed by atoms with E-state index in [1.54, 1.807) is 0 Å². The first-order chi connectivity index (χ1) is 11.4. The lowest BCUT2D eigenvalue weighted by atomic mass is 9.45. The number of fused-ring (bicyclic) bond motifs is 5. The van der Waals surface area contributed by atoms with Crippen molar-refractivity contribution in [3.63, 3.8) is 0 Å². The third-order valence-electron chi connectivity index (χ3n) is 8.02. The van der Waals surface area contributed by atoms with Crippen LogP contribution >= 0.6 is 0 Å². The molecule has 6 atom stereocenters. The summed E-state index contributed by atoms with van der Waals surface area (Å²) in [6.45, 7) is 6.47. The van der Waals surface area contributed by atoms with Crippen LogP contribution in [-0.4, -0.2) is 16.7 Å². The van der Waals surface area contributed by atoms with Gasteiger partial charge in [-0.2, -0.15) is 0 Å². The van der Waals surface area contributed by atoms with Crippen LogP contribution < -0.4 is 0 Å². The van der Waals surface area contributed by atoms with Crippen LogP contribution in [0.4, 0.5) is 0 Å². The molecule has 2 fully saturated rings. The summed E-state index contributed by atoms with van der Waals surface area (Å²) in [6, 6.07) is 0. The van der Waals surface area contributed by atoms with Crippen LogP contribution in [0.15, 0.2) is 29.0 Å². The van der Waals surface area contributed by atoms with Crippen LogP contribution in [0.3, 0.4) is 0 Å². The Morgan fingerprint density at radius 3 is 2.79 bits per heavy atom. The number of allylic oxidation sites excluding steroid dienone is 4. The first-order valence-corrected chi connectivity index (χ1v) is 9.49. The summed E-state index contributed by atoms with van der Waals surface area (Å²) in [7, 11) is 0. The molecule has 0 spiro atoms. The first kappa shape index (κ1) is 16.1. The lowest BCUT2D eigenvalue weighted by Gasteiger charge is -2.58. The summed E-state index contributed by atoms with van der Waals surface area (Å²) in [5.74, 6) is 2.37. The molecule has 2 saturated carbocycles. The normalized spacial score (nSPS) is 47.7. The van der Waals surface area contributed by atoms with Gasteiger partial charge in [-0.25, -0.2) is 0 Å². The van der Waals surface area contributed by atoms with Crippen LogP contribution in [0.1, 0.15) is 59.3 Å². The quantitative estimate of drug-likeness (QED) is 0.327. The summed E-state index contributed by atoms with van der Waals surface area (Å²) in [6.07, 6.45) is 13.2. The molecule has 4 rings (SSSR count). The Labute approximate surface area is 144 Å². The fourth-order valence-electron chi connectivity index (χ4n) is 6.85. The number of oxime groups is 1. The highest BCUT2D eigenvalue weighted by Gasteiger charge is 2.61. The predicted molar refractivity (Wildman–Crippen MR) is 95.0 cm³/mol. The highest BCUT2D eigenvalue weighted by atomic mass is 16.4. The van der Waals surface area contributed by atoms with Crippen LogP contribution in [0.5, 0.6) is 0 Å². The summed E-state index contributed by atoms with van der Waals surface area (Å²) >= 11 is 0. The van der Waals surface area contributed by atoms with E-state index in [9.17, 15) is 10.0 Å². The third-order valence-corrected chi connectivity index (χ3v) is 8.02. The zero-order valence-electron chi connectivity index (χ0n) is 15.1. The van der Waals surface area contributed by atoms with Gasteiger partial charge < -0.3 is 5.21 Å². The van der Waals surface area contributed by atoms with Crippen LogP contribution in [0.2, 0.25) is 0 Å². The van der Waals surface area contributed by atoms with Crippen molar-refractivity contribution in [1.29, 1.82) is 0 Å². The predicted octanol–water partition coefficient (Wildman–Crippen LogP) is 4.76. The van der Waals surface area contributed by atoms with E-state index in [2.05, 4.69) is 37.2 Å². The Hall–Kier alpha value is -1.38. The average Bonchev–Trinajstić information content (AvgIpc) is 2.89. The van der Waals surface area contributed by atoms with E-state index in [-0.39, 0.29) is 16.7 Å². The van der Waals surface area contributed by atoms with E-state index < -0.39 is 0 Å². The molecular formula is C21H29NO2. The number of carbonyl (C=O) groups excluding carboxylic acids is 1. The van der Waals surface area contributed by atoms with Gasteiger partial charge in [0, 0.05) is 17.8 Å². The van der Waals surface area contributed by atoms with E-state index in [1.807, 2.05) is 6.92 Å². The van der Waals surface area contributed by atoms with Gasteiger partial charge in [-0.05, 0) is 67.8 Å². The molecule has 1 N–H and O–H groups in total. The molecule has 0 aromatic heterocycles. The van der Waals surface area contributed by atoms with Crippen molar-refractivity contribution in [2.45, 2.75) is 59.3 Å². The molecule has 130 valence electrons. The second-order valence-electron chi connectivity index (χ2n) is 9.04. The van der Waals surface area contributed by atoms with Crippen molar-refractivity contribution >= 4 is 11.5 Å². The maximum Gasteiger partial charge on any atom is 0.137 e. The number of rotatable bonds is 1. The van der Waals surface area contributed by atoms with Gasteiger partial charge in [-0.15, -0.1) is 0 Å². The molecule has 0 radical (unpaired) electrons. The molecule has 0 aliphatic heterocycles. The Morgan fingerprint density at radius 1 is 1.25 bits per heavy atom. The number of hydrogen-bond acceptors (Lipinski definition) is 3. The van der Waals surface area contributed by atoms with E-state index in [1.165, 1.54) is 12.8 Å². The van der Waals surface area contributed by atoms with Crippen molar-refractivity contribution in [1.82, 2.24) is 0 Å². The standard InChI is InChI=1S/C21H29NO2/c1-13(22-24)16-9-10-17-15-8-7-14-6-4-5-11-20(14,2)19(15)18(23)12-21(16,17)3/h4-5,9,14-15,17,19,24H,6-8,10-12H2,1-3H3/t14-,15+,17+,19-,20+,21-/m1/s1. The number of ketones is 1. The number of Topliss-reactive ketones (excluding diaryl/α,β-unsaturated/α-hetero) is 1.